The standard InChI is InChI=1S/C15H16ClN3O4S/c1-23-14-5-3-2-4-13(14)19(10-15(20)18-17)24(21,22)12-8-6-11(16)7-9-12/h2-9H,10,17H2,1H3,(H,18,20). The number of para-hydroxylation sites is 2. The molecule has 2 aromatic rings. The summed E-state index contributed by atoms with van der Waals surface area (Å²) in [4.78, 5) is 11.7. The number of benzene rings is 2. The molecule has 0 aliphatic carbocycles. The lowest BCUT2D eigenvalue weighted by Crippen LogP contribution is -2.43. The fourth-order valence-electron chi connectivity index (χ4n) is 2.05. The zero-order valence-electron chi connectivity index (χ0n) is 12.8. The molecule has 0 bridgehead atoms. The number of hydrogen-bond acceptors (Lipinski definition) is 5. The number of nitrogens with zero attached hydrogens (tertiary/aromatic N) is 1. The summed E-state index contributed by atoms with van der Waals surface area (Å²) in [6.45, 7) is -0.498. The summed E-state index contributed by atoms with van der Waals surface area (Å²) >= 11 is 5.80. The predicted octanol–water partition coefficient (Wildman–Crippen LogP) is 1.53. The fraction of sp³-hybridized carbons (Fsp3) is 0.133. The molecule has 0 radical (unpaired) electrons. The Morgan fingerprint density at radius 2 is 1.83 bits per heavy atom. The van der Waals surface area contributed by atoms with Crippen molar-refractivity contribution in [3.8, 4) is 5.75 Å². The number of halogens is 1. The van der Waals surface area contributed by atoms with Crippen molar-refractivity contribution >= 4 is 33.2 Å². The highest BCUT2D eigenvalue weighted by molar-refractivity contribution is 7.92. The number of methoxy groups -OCH3 is 1. The van der Waals surface area contributed by atoms with Gasteiger partial charge in [0.2, 0.25) is 0 Å². The molecule has 1 amide bonds. The van der Waals surface area contributed by atoms with Gasteiger partial charge in [-0.25, -0.2) is 14.3 Å². The molecule has 3 N–H and O–H groups in total. The molecule has 2 rings (SSSR count). The van der Waals surface area contributed by atoms with E-state index in [2.05, 4.69) is 0 Å². The van der Waals surface area contributed by atoms with E-state index in [0.717, 1.165) is 4.31 Å². The van der Waals surface area contributed by atoms with Crippen molar-refractivity contribution in [2.24, 2.45) is 5.84 Å². The van der Waals surface area contributed by atoms with Crippen LogP contribution >= 0.6 is 11.6 Å². The van der Waals surface area contributed by atoms with Crippen LogP contribution in [-0.2, 0) is 14.8 Å². The monoisotopic (exact) mass is 369 g/mol. The van der Waals surface area contributed by atoms with E-state index in [1.54, 1.807) is 18.2 Å². The molecular weight excluding hydrogens is 354 g/mol. The SMILES string of the molecule is COc1ccccc1N(CC(=O)NN)S(=O)(=O)c1ccc(Cl)cc1. The Balaban J connectivity index is 2.57. The largest absolute Gasteiger partial charge is 0.495 e. The number of rotatable bonds is 6. The second-order valence-corrected chi connectivity index (χ2v) is 7.00. The molecule has 24 heavy (non-hydrogen) atoms. The number of carbonyl (C=O) groups excluding carboxylic acids is 1. The van der Waals surface area contributed by atoms with E-state index < -0.39 is 22.5 Å². The third-order valence-corrected chi connectivity index (χ3v) is 5.23. The summed E-state index contributed by atoms with van der Waals surface area (Å²) in [5.41, 5.74) is 2.15. The quantitative estimate of drug-likeness (QED) is 0.457. The van der Waals surface area contributed by atoms with Gasteiger partial charge in [-0.2, -0.15) is 0 Å². The van der Waals surface area contributed by atoms with E-state index in [1.165, 1.54) is 37.4 Å². The van der Waals surface area contributed by atoms with Gasteiger partial charge >= 0.3 is 0 Å². The van der Waals surface area contributed by atoms with Crippen LogP contribution in [0.5, 0.6) is 5.75 Å². The number of amides is 1. The van der Waals surface area contributed by atoms with Crippen molar-refractivity contribution in [2.45, 2.75) is 4.90 Å². The fourth-order valence-corrected chi connectivity index (χ4v) is 3.60. The van der Waals surface area contributed by atoms with Gasteiger partial charge in [0, 0.05) is 5.02 Å². The molecule has 0 saturated heterocycles. The Labute approximate surface area is 145 Å². The molecule has 128 valence electrons. The van der Waals surface area contributed by atoms with Crippen LogP contribution in [-0.4, -0.2) is 28.0 Å². The van der Waals surface area contributed by atoms with Gasteiger partial charge < -0.3 is 4.74 Å². The molecule has 0 aliphatic rings. The van der Waals surface area contributed by atoms with Crippen molar-refractivity contribution in [2.75, 3.05) is 18.0 Å². The summed E-state index contributed by atoms with van der Waals surface area (Å²) < 4.78 is 32.1. The first kappa shape index (κ1) is 18.1. The lowest BCUT2D eigenvalue weighted by Gasteiger charge is -2.25. The molecule has 0 unspecified atom stereocenters. The number of sulfonamides is 1. The summed E-state index contributed by atoms with van der Waals surface area (Å²) in [6.07, 6.45) is 0. The Hall–Kier alpha value is -2.29. The summed E-state index contributed by atoms with van der Waals surface area (Å²) in [5, 5.41) is 0.400. The number of hydrogen-bond donors (Lipinski definition) is 2. The third-order valence-electron chi connectivity index (χ3n) is 3.20. The van der Waals surface area contributed by atoms with Crippen LogP contribution in [0, 0.1) is 0 Å². The second-order valence-electron chi connectivity index (χ2n) is 4.70. The minimum atomic E-state index is -4.03. The third kappa shape index (κ3) is 3.78. The van der Waals surface area contributed by atoms with Crippen LogP contribution in [0.3, 0.4) is 0 Å². The maximum atomic E-state index is 13.0. The number of nitrogens with two attached hydrogens (primary N) is 1. The summed E-state index contributed by atoms with van der Waals surface area (Å²) in [5.74, 6) is 4.74. The highest BCUT2D eigenvalue weighted by atomic mass is 35.5. The summed E-state index contributed by atoms with van der Waals surface area (Å²) in [7, 11) is -2.62. The Morgan fingerprint density at radius 3 is 2.42 bits per heavy atom. The molecule has 7 nitrogen and oxygen atoms in total. The Morgan fingerprint density at radius 1 is 1.21 bits per heavy atom. The van der Waals surface area contributed by atoms with Crippen molar-refractivity contribution in [3.05, 3.63) is 53.6 Å². The topological polar surface area (TPSA) is 102 Å². The zero-order valence-corrected chi connectivity index (χ0v) is 14.3. The molecule has 9 heteroatoms. The minimum absolute atomic E-state index is 0.0115. The van der Waals surface area contributed by atoms with E-state index >= 15 is 0 Å². The minimum Gasteiger partial charge on any atom is -0.495 e. The molecule has 0 heterocycles. The number of nitrogens with one attached hydrogen (secondary N) is 1. The number of carbonyl (C=O) groups is 1. The zero-order chi connectivity index (χ0) is 17.7. The van der Waals surface area contributed by atoms with Gasteiger partial charge in [0.05, 0.1) is 17.7 Å². The maximum Gasteiger partial charge on any atom is 0.264 e. The van der Waals surface area contributed by atoms with Crippen molar-refractivity contribution in [1.82, 2.24) is 5.43 Å². The molecule has 0 spiro atoms. The van der Waals surface area contributed by atoms with Gasteiger partial charge in [-0.3, -0.25) is 14.5 Å². The Bertz CT molecular complexity index is 825. The average Bonchev–Trinajstić information content (AvgIpc) is 2.59. The van der Waals surface area contributed by atoms with Gasteiger partial charge in [-0.1, -0.05) is 23.7 Å². The molecule has 0 aromatic heterocycles. The highest BCUT2D eigenvalue weighted by Crippen LogP contribution is 2.32. The van der Waals surface area contributed by atoms with Crippen molar-refractivity contribution in [3.63, 3.8) is 0 Å². The van der Waals surface area contributed by atoms with Gasteiger partial charge in [0.1, 0.15) is 12.3 Å². The smallest absolute Gasteiger partial charge is 0.264 e. The average molecular weight is 370 g/mol. The molecule has 0 saturated carbocycles. The van der Waals surface area contributed by atoms with Crippen LogP contribution in [0.15, 0.2) is 53.4 Å². The van der Waals surface area contributed by atoms with Crippen LogP contribution < -0.4 is 20.3 Å². The molecule has 0 aliphatic heterocycles. The first-order chi connectivity index (χ1) is 11.4. The highest BCUT2D eigenvalue weighted by Gasteiger charge is 2.29. The molecule has 0 fully saturated rings. The number of anilines is 1. The van der Waals surface area contributed by atoms with E-state index in [-0.39, 0.29) is 10.6 Å². The second kappa shape index (κ2) is 7.52. The van der Waals surface area contributed by atoms with E-state index in [4.69, 9.17) is 22.2 Å². The van der Waals surface area contributed by atoms with Crippen LogP contribution in [0.4, 0.5) is 5.69 Å². The maximum absolute atomic E-state index is 13.0. The Kier molecular flexibility index (Phi) is 5.66. The van der Waals surface area contributed by atoms with Gasteiger partial charge in [0.15, 0.2) is 0 Å². The first-order valence-electron chi connectivity index (χ1n) is 6.81. The number of ether oxygens (including phenoxy) is 1. The van der Waals surface area contributed by atoms with Gasteiger partial charge in [0.25, 0.3) is 15.9 Å². The number of hydrazine groups is 1. The van der Waals surface area contributed by atoms with Crippen molar-refractivity contribution < 1.29 is 17.9 Å². The van der Waals surface area contributed by atoms with Crippen LogP contribution in [0.1, 0.15) is 0 Å². The van der Waals surface area contributed by atoms with E-state index in [9.17, 15) is 13.2 Å². The van der Waals surface area contributed by atoms with Crippen LogP contribution in [0.25, 0.3) is 0 Å². The van der Waals surface area contributed by atoms with E-state index in [1.807, 2.05) is 5.43 Å². The predicted molar refractivity (Wildman–Crippen MR) is 91.3 cm³/mol. The van der Waals surface area contributed by atoms with Gasteiger partial charge in [-0.05, 0) is 36.4 Å². The molecular formula is C15H16ClN3O4S. The molecule has 2 aromatic carbocycles. The molecule has 0 atom stereocenters. The van der Waals surface area contributed by atoms with Crippen LogP contribution in [0.2, 0.25) is 5.02 Å². The van der Waals surface area contributed by atoms with E-state index in [0.29, 0.717) is 10.8 Å². The first-order valence-corrected chi connectivity index (χ1v) is 8.62. The lowest BCUT2D eigenvalue weighted by atomic mass is 10.3. The lowest BCUT2D eigenvalue weighted by molar-refractivity contribution is -0.119. The van der Waals surface area contributed by atoms with Gasteiger partial charge in [-0.15, -0.1) is 0 Å². The van der Waals surface area contributed by atoms with Crippen molar-refractivity contribution in [1.29, 1.82) is 0 Å². The normalized spacial score (nSPS) is 11.0. The summed E-state index contributed by atoms with van der Waals surface area (Å²) in [6, 6.07) is 12.1.